The topological polar surface area (TPSA) is 100 Å². The molecule has 0 aromatic heterocycles. The van der Waals surface area contributed by atoms with Crippen LogP contribution in [0.25, 0.3) is 0 Å². The SMILES string of the molecule is COC(=O)CCNC(=O)[C@@H]1O[P@](=O)(Oc2ccc(F)cc2)OCC1(C)C. The molecule has 0 radical (unpaired) electrons. The van der Waals surface area contributed by atoms with Crippen molar-refractivity contribution in [2.75, 3.05) is 20.3 Å². The minimum atomic E-state index is -4.07. The maximum absolute atomic E-state index is 13.0. The Labute approximate surface area is 150 Å². The highest BCUT2D eigenvalue weighted by atomic mass is 31.2. The molecular weight excluding hydrogens is 368 g/mol. The molecule has 2 atom stereocenters. The van der Waals surface area contributed by atoms with E-state index in [1.54, 1.807) is 13.8 Å². The molecule has 1 N–H and O–H groups in total. The van der Waals surface area contributed by atoms with Crippen molar-refractivity contribution in [2.45, 2.75) is 26.4 Å². The molecule has 26 heavy (non-hydrogen) atoms. The van der Waals surface area contributed by atoms with Gasteiger partial charge in [0.05, 0.1) is 20.1 Å². The monoisotopic (exact) mass is 389 g/mol. The summed E-state index contributed by atoms with van der Waals surface area (Å²) < 4.78 is 46.0. The Hall–Kier alpha value is -1.96. The molecule has 8 nitrogen and oxygen atoms in total. The quantitative estimate of drug-likeness (QED) is 0.589. The number of hydrogen-bond donors (Lipinski definition) is 1. The number of ether oxygens (including phenoxy) is 1. The van der Waals surface area contributed by atoms with Gasteiger partial charge in [-0.2, -0.15) is 0 Å². The first kappa shape index (κ1) is 20.4. The van der Waals surface area contributed by atoms with Gasteiger partial charge in [0.1, 0.15) is 11.6 Å². The van der Waals surface area contributed by atoms with E-state index in [4.69, 9.17) is 13.6 Å². The summed E-state index contributed by atoms with van der Waals surface area (Å²) in [4.78, 5) is 23.5. The van der Waals surface area contributed by atoms with Crippen molar-refractivity contribution in [1.29, 1.82) is 0 Å². The van der Waals surface area contributed by atoms with Crippen LogP contribution < -0.4 is 9.84 Å². The van der Waals surface area contributed by atoms with E-state index in [9.17, 15) is 18.5 Å². The van der Waals surface area contributed by atoms with Gasteiger partial charge in [-0.3, -0.25) is 18.6 Å². The van der Waals surface area contributed by atoms with Crippen LogP contribution in [0.1, 0.15) is 20.3 Å². The van der Waals surface area contributed by atoms with E-state index in [1.165, 1.54) is 19.2 Å². The third-order valence-corrected chi connectivity index (χ3v) is 5.01. The summed E-state index contributed by atoms with van der Waals surface area (Å²) in [5, 5.41) is 2.54. The minimum Gasteiger partial charge on any atom is -0.469 e. The molecule has 0 saturated carbocycles. The van der Waals surface area contributed by atoms with Gasteiger partial charge in [-0.1, -0.05) is 13.8 Å². The molecule has 1 saturated heterocycles. The lowest BCUT2D eigenvalue weighted by molar-refractivity contribution is -0.142. The summed E-state index contributed by atoms with van der Waals surface area (Å²) >= 11 is 0. The van der Waals surface area contributed by atoms with Gasteiger partial charge in [0.2, 0.25) is 0 Å². The first-order valence-electron chi connectivity index (χ1n) is 7.88. The first-order chi connectivity index (χ1) is 12.1. The number of methoxy groups -OCH3 is 1. The lowest BCUT2D eigenvalue weighted by Crippen LogP contribution is -2.50. The Morgan fingerprint density at radius 3 is 2.62 bits per heavy atom. The van der Waals surface area contributed by atoms with E-state index in [1.807, 2.05) is 0 Å². The molecule has 144 valence electrons. The fourth-order valence-corrected chi connectivity index (χ4v) is 3.85. The van der Waals surface area contributed by atoms with Crippen LogP contribution >= 0.6 is 7.82 Å². The van der Waals surface area contributed by atoms with Gasteiger partial charge in [0, 0.05) is 12.0 Å². The largest absolute Gasteiger partial charge is 0.530 e. The van der Waals surface area contributed by atoms with Gasteiger partial charge in [0.25, 0.3) is 5.91 Å². The predicted molar refractivity (Wildman–Crippen MR) is 88.9 cm³/mol. The Balaban J connectivity index is 2.04. The van der Waals surface area contributed by atoms with Crippen LogP contribution in [-0.2, 0) is 27.9 Å². The van der Waals surface area contributed by atoms with E-state index in [-0.39, 0.29) is 25.3 Å². The minimum absolute atomic E-state index is 0.00434. The lowest BCUT2D eigenvalue weighted by atomic mass is 9.87. The summed E-state index contributed by atoms with van der Waals surface area (Å²) in [5.74, 6) is -1.42. The average molecular weight is 389 g/mol. The number of esters is 1. The zero-order chi connectivity index (χ0) is 19.4. The number of phosphoric acid groups is 1. The fraction of sp³-hybridized carbons (Fsp3) is 0.500. The zero-order valence-corrected chi connectivity index (χ0v) is 15.6. The second-order valence-corrected chi connectivity index (χ2v) is 7.90. The number of rotatable bonds is 6. The van der Waals surface area contributed by atoms with Crippen molar-refractivity contribution in [1.82, 2.24) is 5.32 Å². The van der Waals surface area contributed by atoms with Crippen molar-refractivity contribution in [3.05, 3.63) is 30.1 Å². The molecule has 1 aliphatic heterocycles. The molecule has 1 fully saturated rings. The number of carbonyl (C=O) groups is 2. The number of phosphoric ester groups is 1. The Morgan fingerprint density at radius 2 is 2.00 bits per heavy atom. The van der Waals surface area contributed by atoms with Gasteiger partial charge in [-0.25, -0.2) is 8.96 Å². The molecular formula is C16H21FNO7P. The van der Waals surface area contributed by atoms with Crippen LogP contribution in [0, 0.1) is 11.2 Å². The summed E-state index contributed by atoms with van der Waals surface area (Å²) in [5.41, 5.74) is -0.782. The number of halogens is 1. The van der Waals surface area contributed by atoms with Gasteiger partial charge >= 0.3 is 13.8 Å². The number of hydrogen-bond acceptors (Lipinski definition) is 7. The smallest absolute Gasteiger partial charge is 0.469 e. The second-order valence-electron chi connectivity index (χ2n) is 6.36. The van der Waals surface area contributed by atoms with Gasteiger partial charge in [0.15, 0.2) is 6.10 Å². The van der Waals surface area contributed by atoms with Gasteiger partial charge in [-0.15, -0.1) is 0 Å². The van der Waals surface area contributed by atoms with Gasteiger partial charge in [-0.05, 0) is 24.3 Å². The molecule has 2 rings (SSSR count). The van der Waals surface area contributed by atoms with Crippen molar-refractivity contribution < 1.29 is 36.9 Å². The Kier molecular flexibility index (Phi) is 6.39. The lowest BCUT2D eigenvalue weighted by Gasteiger charge is -2.39. The molecule has 1 amide bonds. The predicted octanol–water partition coefficient (Wildman–Crippen LogP) is 2.43. The highest BCUT2D eigenvalue weighted by molar-refractivity contribution is 7.49. The molecule has 0 bridgehead atoms. The van der Waals surface area contributed by atoms with Crippen molar-refractivity contribution in [2.24, 2.45) is 5.41 Å². The molecule has 1 heterocycles. The second kappa shape index (κ2) is 8.16. The van der Waals surface area contributed by atoms with E-state index in [0.29, 0.717) is 0 Å². The average Bonchev–Trinajstić information content (AvgIpc) is 2.59. The normalized spacial score (nSPS) is 24.5. The molecule has 1 aromatic carbocycles. The van der Waals surface area contributed by atoms with E-state index >= 15 is 0 Å². The van der Waals surface area contributed by atoms with Crippen molar-refractivity contribution >= 4 is 19.7 Å². The first-order valence-corrected chi connectivity index (χ1v) is 9.34. The maximum Gasteiger partial charge on any atom is 0.530 e. The van der Waals surface area contributed by atoms with E-state index in [0.717, 1.165) is 12.1 Å². The Morgan fingerprint density at radius 1 is 1.35 bits per heavy atom. The number of benzene rings is 1. The van der Waals surface area contributed by atoms with Crippen LogP contribution in [0.5, 0.6) is 5.75 Å². The highest BCUT2D eigenvalue weighted by Gasteiger charge is 2.49. The van der Waals surface area contributed by atoms with Crippen LogP contribution in [0.2, 0.25) is 0 Å². The van der Waals surface area contributed by atoms with Gasteiger partial charge < -0.3 is 14.6 Å². The molecule has 1 aromatic rings. The number of nitrogens with one attached hydrogen (secondary N) is 1. The Bertz CT molecular complexity index is 707. The van der Waals surface area contributed by atoms with Crippen molar-refractivity contribution in [3.63, 3.8) is 0 Å². The number of amides is 1. The third kappa shape index (κ3) is 5.27. The standard InChI is InChI=1S/C16H21FNO7P/c1-16(2)10-23-26(21,24-12-6-4-11(17)5-7-12)25-14(16)15(20)18-9-8-13(19)22-3/h4-7,14H,8-10H2,1-3H3,(H,18,20)/t14-,26-/m0/s1. The van der Waals surface area contributed by atoms with E-state index in [2.05, 4.69) is 10.1 Å². The van der Waals surface area contributed by atoms with Crippen LogP contribution in [0.15, 0.2) is 24.3 Å². The molecule has 0 aliphatic carbocycles. The summed E-state index contributed by atoms with van der Waals surface area (Å²) in [6.07, 6.45) is -1.13. The summed E-state index contributed by atoms with van der Waals surface area (Å²) in [6, 6.07) is 4.80. The molecule has 1 aliphatic rings. The summed E-state index contributed by atoms with van der Waals surface area (Å²) in [6.45, 7) is 3.41. The van der Waals surface area contributed by atoms with Crippen LogP contribution in [0.3, 0.4) is 0 Å². The van der Waals surface area contributed by atoms with Crippen LogP contribution in [0.4, 0.5) is 4.39 Å². The molecule has 0 unspecified atom stereocenters. The summed E-state index contributed by atoms with van der Waals surface area (Å²) in [7, 11) is -2.82. The number of carbonyl (C=O) groups excluding carboxylic acids is 2. The third-order valence-electron chi connectivity index (χ3n) is 3.66. The fourth-order valence-electron chi connectivity index (χ4n) is 2.18. The zero-order valence-electron chi connectivity index (χ0n) is 14.7. The highest BCUT2D eigenvalue weighted by Crippen LogP contribution is 2.56. The van der Waals surface area contributed by atoms with E-state index < -0.39 is 37.0 Å². The molecule has 0 spiro atoms. The van der Waals surface area contributed by atoms with Crippen molar-refractivity contribution in [3.8, 4) is 5.75 Å². The molecule has 10 heteroatoms. The van der Waals surface area contributed by atoms with Crippen LogP contribution in [-0.4, -0.2) is 38.2 Å². The maximum atomic E-state index is 13.0.